The van der Waals surface area contributed by atoms with Gasteiger partial charge >= 0.3 is 0 Å². The van der Waals surface area contributed by atoms with Crippen LogP contribution in [0.4, 0.5) is 0 Å². The van der Waals surface area contributed by atoms with E-state index >= 15 is 0 Å². The van der Waals surface area contributed by atoms with Gasteiger partial charge in [0.25, 0.3) is 0 Å². The third kappa shape index (κ3) is 4.44. The van der Waals surface area contributed by atoms with Gasteiger partial charge in [-0.3, -0.25) is 4.99 Å². The van der Waals surface area contributed by atoms with E-state index in [4.69, 9.17) is 4.74 Å². The highest BCUT2D eigenvalue weighted by Crippen LogP contribution is 2.27. The van der Waals surface area contributed by atoms with E-state index in [-0.39, 0.29) is 5.75 Å². The van der Waals surface area contributed by atoms with Gasteiger partial charge in [-0.05, 0) is 25.1 Å². The molecule has 0 aliphatic heterocycles. The lowest BCUT2D eigenvalue weighted by atomic mass is 10.2. The van der Waals surface area contributed by atoms with E-state index < -0.39 is 0 Å². The van der Waals surface area contributed by atoms with Gasteiger partial charge in [0.2, 0.25) is 0 Å². The zero-order valence-electron chi connectivity index (χ0n) is 10.4. The van der Waals surface area contributed by atoms with Crippen molar-refractivity contribution in [1.82, 2.24) is 5.32 Å². The lowest BCUT2D eigenvalue weighted by Gasteiger charge is -2.04. The van der Waals surface area contributed by atoms with Crippen molar-refractivity contribution in [3.05, 3.63) is 23.8 Å². The average Bonchev–Trinajstić information content (AvgIpc) is 2.35. The van der Waals surface area contributed by atoms with Crippen LogP contribution in [-0.2, 0) is 0 Å². The molecule has 0 aromatic heterocycles. The number of methoxy groups -OCH3 is 1. The minimum absolute atomic E-state index is 0.139. The first-order chi connectivity index (χ1) is 8.29. The van der Waals surface area contributed by atoms with Crippen LogP contribution in [0.25, 0.3) is 0 Å². The van der Waals surface area contributed by atoms with E-state index in [0.29, 0.717) is 17.9 Å². The molecule has 1 aromatic rings. The fourth-order valence-corrected chi connectivity index (χ4v) is 1.42. The summed E-state index contributed by atoms with van der Waals surface area (Å²) in [4.78, 5) is 4.25. The smallest absolute Gasteiger partial charge is 0.166 e. The van der Waals surface area contributed by atoms with Gasteiger partial charge in [-0.2, -0.15) is 0 Å². The molecule has 0 unspecified atom stereocenters. The van der Waals surface area contributed by atoms with Crippen LogP contribution in [0, 0.1) is 0 Å². The molecule has 2 N–H and O–H groups in total. The Morgan fingerprint density at radius 3 is 2.94 bits per heavy atom. The Bertz CT molecular complexity index is 364. The Kier molecular flexibility index (Phi) is 6.10. The molecule has 0 saturated carbocycles. The summed E-state index contributed by atoms with van der Waals surface area (Å²) in [6.07, 6.45) is 2.80. The first-order valence-corrected chi connectivity index (χ1v) is 5.86. The maximum atomic E-state index is 9.80. The third-order valence-electron chi connectivity index (χ3n) is 2.32. The molecule has 1 rings (SSSR count). The van der Waals surface area contributed by atoms with Crippen molar-refractivity contribution in [3.63, 3.8) is 0 Å². The molecule has 17 heavy (non-hydrogen) atoms. The molecule has 0 atom stereocenters. The molecular weight excluding hydrogens is 216 g/mol. The summed E-state index contributed by atoms with van der Waals surface area (Å²) in [5.41, 5.74) is 0.680. The van der Waals surface area contributed by atoms with Gasteiger partial charge in [-0.15, -0.1) is 0 Å². The lowest BCUT2D eigenvalue weighted by Crippen LogP contribution is -2.18. The van der Waals surface area contributed by atoms with Gasteiger partial charge in [0.15, 0.2) is 11.5 Å². The summed E-state index contributed by atoms with van der Waals surface area (Å²) >= 11 is 0. The van der Waals surface area contributed by atoms with Crippen LogP contribution in [-0.4, -0.2) is 38.1 Å². The van der Waals surface area contributed by atoms with Crippen molar-refractivity contribution in [2.24, 2.45) is 4.99 Å². The molecule has 0 aliphatic rings. The van der Waals surface area contributed by atoms with Gasteiger partial charge < -0.3 is 15.2 Å². The Balaban J connectivity index is 2.48. The summed E-state index contributed by atoms with van der Waals surface area (Å²) in [7, 11) is 1.53. The van der Waals surface area contributed by atoms with E-state index in [1.807, 2.05) is 6.07 Å². The molecule has 0 heterocycles. The Labute approximate surface area is 102 Å². The van der Waals surface area contributed by atoms with Crippen molar-refractivity contribution in [3.8, 4) is 11.5 Å². The third-order valence-corrected chi connectivity index (χ3v) is 2.32. The highest BCUT2D eigenvalue weighted by molar-refractivity contribution is 5.84. The molecule has 0 saturated heterocycles. The van der Waals surface area contributed by atoms with Crippen LogP contribution in [0.15, 0.2) is 23.2 Å². The van der Waals surface area contributed by atoms with E-state index in [1.54, 1.807) is 18.3 Å². The molecule has 4 nitrogen and oxygen atoms in total. The summed E-state index contributed by atoms with van der Waals surface area (Å²) in [6.45, 7) is 4.70. The van der Waals surface area contributed by atoms with E-state index in [9.17, 15) is 5.11 Å². The summed E-state index contributed by atoms with van der Waals surface area (Å²) in [5, 5.41) is 13.1. The molecule has 0 fully saturated rings. The Morgan fingerprint density at radius 1 is 1.41 bits per heavy atom. The van der Waals surface area contributed by atoms with Gasteiger partial charge in [0.05, 0.1) is 13.7 Å². The first-order valence-electron chi connectivity index (χ1n) is 5.86. The normalized spacial score (nSPS) is 10.9. The molecule has 94 valence electrons. The quantitative estimate of drug-likeness (QED) is 0.561. The number of para-hydroxylation sites is 1. The zero-order valence-corrected chi connectivity index (χ0v) is 10.4. The van der Waals surface area contributed by atoms with Gasteiger partial charge in [0, 0.05) is 18.3 Å². The highest BCUT2D eigenvalue weighted by atomic mass is 16.5. The second-order valence-electron chi connectivity index (χ2n) is 3.68. The van der Waals surface area contributed by atoms with Gasteiger partial charge in [-0.1, -0.05) is 13.0 Å². The SMILES string of the molecule is CCCNCCN=Cc1cccc(OC)c1O. The molecule has 0 bridgehead atoms. The highest BCUT2D eigenvalue weighted by Gasteiger charge is 2.03. The summed E-state index contributed by atoms with van der Waals surface area (Å²) in [5.74, 6) is 0.610. The maximum absolute atomic E-state index is 9.80. The number of phenolic OH excluding ortho intramolecular Hbond substituents is 1. The number of aromatic hydroxyl groups is 1. The molecular formula is C13H20N2O2. The number of phenols is 1. The first kappa shape index (κ1) is 13.5. The summed E-state index contributed by atoms with van der Waals surface area (Å²) in [6, 6.07) is 5.35. The second kappa shape index (κ2) is 7.68. The van der Waals surface area contributed by atoms with Crippen molar-refractivity contribution in [2.75, 3.05) is 26.7 Å². The average molecular weight is 236 g/mol. The number of nitrogens with one attached hydrogen (secondary N) is 1. The van der Waals surface area contributed by atoms with Gasteiger partial charge in [-0.25, -0.2) is 0 Å². The van der Waals surface area contributed by atoms with E-state index in [1.165, 1.54) is 7.11 Å². The van der Waals surface area contributed by atoms with Crippen LogP contribution in [0.3, 0.4) is 0 Å². The zero-order chi connectivity index (χ0) is 12.5. The predicted molar refractivity (Wildman–Crippen MR) is 70.3 cm³/mol. The number of aliphatic imine (C=N–C) groups is 1. The van der Waals surface area contributed by atoms with E-state index in [2.05, 4.69) is 17.2 Å². The molecule has 0 amide bonds. The fraction of sp³-hybridized carbons (Fsp3) is 0.462. The number of hydrogen-bond acceptors (Lipinski definition) is 4. The fourth-order valence-electron chi connectivity index (χ4n) is 1.42. The number of ether oxygens (including phenoxy) is 1. The standard InChI is InChI=1S/C13H20N2O2/c1-3-7-14-8-9-15-10-11-5-4-6-12(17-2)13(11)16/h4-6,10,14,16H,3,7-9H2,1-2H3. The van der Waals surface area contributed by atoms with Crippen LogP contribution in [0.1, 0.15) is 18.9 Å². The number of benzene rings is 1. The molecule has 1 aromatic carbocycles. The van der Waals surface area contributed by atoms with Crippen LogP contribution in [0.5, 0.6) is 11.5 Å². The van der Waals surface area contributed by atoms with Crippen molar-refractivity contribution >= 4 is 6.21 Å². The number of hydrogen-bond donors (Lipinski definition) is 2. The minimum Gasteiger partial charge on any atom is -0.504 e. The Morgan fingerprint density at radius 2 is 2.24 bits per heavy atom. The van der Waals surface area contributed by atoms with Crippen molar-refractivity contribution in [2.45, 2.75) is 13.3 Å². The lowest BCUT2D eigenvalue weighted by molar-refractivity contribution is 0.373. The molecule has 4 heteroatoms. The maximum Gasteiger partial charge on any atom is 0.166 e. The van der Waals surface area contributed by atoms with Crippen LogP contribution in [0.2, 0.25) is 0 Å². The van der Waals surface area contributed by atoms with E-state index in [0.717, 1.165) is 19.5 Å². The van der Waals surface area contributed by atoms with Crippen molar-refractivity contribution in [1.29, 1.82) is 0 Å². The summed E-state index contributed by atoms with van der Waals surface area (Å²) < 4.78 is 5.02. The topological polar surface area (TPSA) is 53.9 Å². The molecule has 0 aliphatic carbocycles. The largest absolute Gasteiger partial charge is 0.504 e. The predicted octanol–water partition coefficient (Wildman–Crippen LogP) is 1.82. The molecule has 0 radical (unpaired) electrons. The second-order valence-corrected chi connectivity index (χ2v) is 3.68. The van der Waals surface area contributed by atoms with Crippen LogP contribution < -0.4 is 10.1 Å². The Hall–Kier alpha value is -1.55. The van der Waals surface area contributed by atoms with Gasteiger partial charge in [0.1, 0.15) is 0 Å². The number of rotatable bonds is 7. The minimum atomic E-state index is 0.139. The number of nitrogens with zero attached hydrogens (tertiary/aromatic N) is 1. The monoisotopic (exact) mass is 236 g/mol. The van der Waals surface area contributed by atoms with Crippen molar-refractivity contribution < 1.29 is 9.84 Å². The van der Waals surface area contributed by atoms with Crippen LogP contribution >= 0.6 is 0 Å². The molecule has 0 spiro atoms.